The summed E-state index contributed by atoms with van der Waals surface area (Å²) in [6.07, 6.45) is -0.354. The maximum atomic E-state index is 14.1. The van der Waals surface area contributed by atoms with E-state index >= 15 is 0 Å². The Kier molecular flexibility index (Phi) is 12.2. The molecule has 1 aromatic carbocycles. The third-order valence-electron chi connectivity index (χ3n) is 5.65. The molecule has 3 aromatic rings. The second kappa shape index (κ2) is 15.1. The van der Waals surface area contributed by atoms with Crippen LogP contribution in [0.25, 0.3) is 0 Å². The summed E-state index contributed by atoms with van der Waals surface area (Å²) in [7, 11) is 2.08. The van der Waals surface area contributed by atoms with Crippen LogP contribution < -0.4 is 20.7 Å². The van der Waals surface area contributed by atoms with E-state index < -0.39 is 60.3 Å². The lowest BCUT2D eigenvalue weighted by Crippen LogP contribution is -2.40. The molecule has 0 radical (unpaired) electrons. The number of aliphatic hydroxyl groups excluding tert-OH is 1. The van der Waals surface area contributed by atoms with Gasteiger partial charge in [0, 0.05) is 31.7 Å². The van der Waals surface area contributed by atoms with Crippen LogP contribution in [-0.2, 0) is 4.79 Å². The number of pyridine rings is 1. The van der Waals surface area contributed by atoms with Gasteiger partial charge in [0.25, 0.3) is 5.91 Å². The van der Waals surface area contributed by atoms with Crippen molar-refractivity contribution in [2.75, 3.05) is 37.2 Å². The standard InChI is InChI=1S/C19H18F5N3O2S.C5H5N3O.CH4O/c1-29-17-13(4-3-12(20)16(17)21)27-9-10(19(22,23)24)7-14(27)18(28)26-11-5-6-25-15(8-11)30-2;6-5(9)4-2-1-3-7-8-4;1-2/h3-6,8,10,14H,7,9H2,1-2H3,(H,25,26,28);1-3H,(H2,6,9);2H,1H3. The van der Waals surface area contributed by atoms with E-state index in [4.69, 9.17) is 15.6 Å². The Hall–Kier alpha value is -4.05. The van der Waals surface area contributed by atoms with Crippen molar-refractivity contribution < 1.29 is 41.4 Å². The van der Waals surface area contributed by atoms with E-state index in [1.807, 2.05) is 0 Å². The van der Waals surface area contributed by atoms with Crippen LogP contribution >= 0.6 is 11.8 Å². The number of nitrogens with zero attached hydrogens (tertiary/aromatic N) is 4. The highest BCUT2D eigenvalue weighted by Crippen LogP contribution is 2.43. The van der Waals surface area contributed by atoms with Gasteiger partial charge in [-0.2, -0.15) is 22.7 Å². The first kappa shape index (κ1) is 33.2. The maximum Gasteiger partial charge on any atom is 0.393 e. The van der Waals surface area contributed by atoms with Crippen LogP contribution in [0.15, 0.2) is 53.8 Å². The summed E-state index contributed by atoms with van der Waals surface area (Å²) in [6, 6.07) is 6.84. The molecule has 16 heteroatoms. The Morgan fingerprint density at radius 2 is 1.88 bits per heavy atom. The van der Waals surface area contributed by atoms with Crippen LogP contribution in [-0.4, -0.2) is 71.3 Å². The summed E-state index contributed by atoms with van der Waals surface area (Å²) in [5.41, 5.74) is 5.31. The highest BCUT2D eigenvalue weighted by atomic mass is 32.2. The molecule has 4 N–H and O–H groups in total. The van der Waals surface area contributed by atoms with Gasteiger partial charge >= 0.3 is 6.18 Å². The fourth-order valence-electron chi connectivity index (χ4n) is 3.79. The molecule has 0 spiro atoms. The average molecular weight is 603 g/mol. The largest absolute Gasteiger partial charge is 0.491 e. The molecule has 1 aliphatic rings. The van der Waals surface area contributed by atoms with Crippen molar-refractivity contribution in [1.29, 1.82) is 0 Å². The van der Waals surface area contributed by atoms with Crippen LogP contribution in [0.5, 0.6) is 5.75 Å². The van der Waals surface area contributed by atoms with Crippen molar-refractivity contribution in [3.63, 3.8) is 0 Å². The van der Waals surface area contributed by atoms with E-state index in [1.165, 1.54) is 36.3 Å². The second-order valence-corrected chi connectivity index (χ2v) is 8.93. The first-order valence-electron chi connectivity index (χ1n) is 11.6. The molecule has 3 heterocycles. The van der Waals surface area contributed by atoms with Crippen molar-refractivity contribution >= 4 is 35.0 Å². The van der Waals surface area contributed by atoms with E-state index in [2.05, 4.69) is 20.5 Å². The quantitative estimate of drug-likeness (QED) is 0.284. The Morgan fingerprint density at radius 1 is 1.17 bits per heavy atom. The average Bonchev–Trinajstić information content (AvgIpc) is 3.43. The topological polar surface area (TPSA) is 144 Å². The number of carbonyl (C=O) groups is 2. The first-order valence-corrected chi connectivity index (χ1v) is 12.9. The van der Waals surface area contributed by atoms with Gasteiger partial charge in [-0.1, -0.05) is 0 Å². The maximum absolute atomic E-state index is 14.1. The zero-order valence-corrected chi connectivity index (χ0v) is 22.8. The molecule has 2 aromatic heterocycles. The van der Waals surface area contributed by atoms with Gasteiger partial charge < -0.3 is 25.8 Å². The molecular weight excluding hydrogens is 575 g/mol. The summed E-state index contributed by atoms with van der Waals surface area (Å²) < 4.78 is 72.8. The summed E-state index contributed by atoms with van der Waals surface area (Å²) in [5.74, 6) is -6.16. The highest BCUT2D eigenvalue weighted by molar-refractivity contribution is 7.98. The van der Waals surface area contributed by atoms with Crippen molar-refractivity contribution in [2.45, 2.75) is 23.7 Å². The molecule has 0 saturated carbocycles. The number of primary amides is 1. The highest BCUT2D eigenvalue weighted by Gasteiger charge is 2.50. The molecule has 41 heavy (non-hydrogen) atoms. The molecule has 1 saturated heterocycles. The number of methoxy groups -OCH3 is 1. The van der Waals surface area contributed by atoms with Gasteiger partial charge in [0.1, 0.15) is 6.04 Å². The normalized spacial score (nSPS) is 16.1. The SMILES string of the molecule is CO.COc1c(N2CC(C(F)(F)F)CC2C(=O)Nc2ccnc(SC)c2)ccc(F)c1F.NC(=O)c1cccnn1. The number of thioether (sulfide) groups is 1. The fourth-order valence-corrected chi connectivity index (χ4v) is 4.20. The van der Waals surface area contributed by atoms with Crippen LogP contribution in [0.4, 0.5) is 33.3 Å². The molecule has 2 amide bonds. The molecule has 222 valence electrons. The number of nitrogens with two attached hydrogens (primary N) is 1. The van der Waals surface area contributed by atoms with E-state index in [0.717, 1.165) is 31.3 Å². The lowest BCUT2D eigenvalue weighted by Gasteiger charge is -2.27. The number of aliphatic hydroxyl groups is 1. The number of hydrogen-bond acceptors (Lipinski definition) is 9. The smallest absolute Gasteiger partial charge is 0.393 e. The van der Waals surface area contributed by atoms with E-state index in [9.17, 15) is 31.5 Å². The Balaban J connectivity index is 0.000000450. The first-order chi connectivity index (χ1) is 19.5. The lowest BCUT2D eigenvalue weighted by atomic mass is 10.0. The minimum atomic E-state index is -4.55. The molecule has 10 nitrogen and oxygen atoms in total. The molecule has 0 aliphatic carbocycles. The van der Waals surface area contributed by atoms with Crippen molar-refractivity contribution in [3.8, 4) is 5.75 Å². The van der Waals surface area contributed by atoms with Gasteiger partial charge in [-0.3, -0.25) is 9.59 Å². The number of nitrogens with one attached hydrogen (secondary N) is 1. The monoisotopic (exact) mass is 602 g/mol. The predicted molar refractivity (Wildman–Crippen MR) is 142 cm³/mol. The second-order valence-electron chi connectivity index (χ2n) is 8.11. The Labute approximate surface area is 236 Å². The third-order valence-corrected chi connectivity index (χ3v) is 6.29. The van der Waals surface area contributed by atoms with Crippen LogP contribution in [0.3, 0.4) is 0 Å². The van der Waals surface area contributed by atoms with Crippen LogP contribution in [0, 0.1) is 17.6 Å². The van der Waals surface area contributed by atoms with Gasteiger partial charge in [-0.15, -0.1) is 16.9 Å². The van der Waals surface area contributed by atoms with Gasteiger partial charge in [0.15, 0.2) is 17.3 Å². The number of amides is 2. The number of rotatable bonds is 6. The minimum absolute atomic E-state index is 0.122. The molecule has 2 unspecified atom stereocenters. The fraction of sp³-hybridized carbons (Fsp3) is 0.320. The van der Waals surface area contributed by atoms with Gasteiger partial charge in [0.05, 0.1) is 23.7 Å². The number of hydrogen-bond donors (Lipinski definition) is 3. The van der Waals surface area contributed by atoms with Crippen molar-refractivity contribution in [2.24, 2.45) is 11.7 Å². The Morgan fingerprint density at radius 3 is 2.41 bits per heavy atom. The number of carbonyl (C=O) groups excluding carboxylic acids is 2. The van der Waals surface area contributed by atoms with Gasteiger partial charge in [-0.05, 0) is 49.1 Å². The molecule has 1 aliphatic heterocycles. The molecule has 0 bridgehead atoms. The number of benzene rings is 1. The number of alkyl halides is 3. The summed E-state index contributed by atoms with van der Waals surface area (Å²) >= 11 is 1.34. The predicted octanol–water partition coefficient (Wildman–Crippen LogP) is 3.67. The molecular formula is C25H27F5N6O4S. The van der Waals surface area contributed by atoms with Crippen LogP contribution in [0.2, 0.25) is 0 Å². The zero-order chi connectivity index (χ0) is 30.7. The van der Waals surface area contributed by atoms with E-state index in [-0.39, 0.29) is 11.4 Å². The molecule has 1 fully saturated rings. The third kappa shape index (κ3) is 8.72. The van der Waals surface area contributed by atoms with Crippen LogP contribution in [0.1, 0.15) is 16.9 Å². The van der Waals surface area contributed by atoms with Gasteiger partial charge in [-0.25, -0.2) is 9.37 Å². The Bertz CT molecular complexity index is 1320. The molecule has 2 atom stereocenters. The van der Waals surface area contributed by atoms with Gasteiger partial charge in [0.2, 0.25) is 11.7 Å². The minimum Gasteiger partial charge on any atom is -0.491 e. The van der Waals surface area contributed by atoms with E-state index in [1.54, 1.807) is 18.4 Å². The summed E-state index contributed by atoms with van der Waals surface area (Å²) in [5, 5.41) is 17.1. The van der Waals surface area contributed by atoms with E-state index in [0.29, 0.717) is 10.7 Å². The van der Waals surface area contributed by atoms with Crippen molar-refractivity contribution in [3.05, 3.63) is 66.1 Å². The number of halogens is 5. The van der Waals surface area contributed by atoms with Crippen molar-refractivity contribution in [1.82, 2.24) is 15.2 Å². The summed E-state index contributed by atoms with van der Waals surface area (Å²) in [6.45, 7) is -0.588. The zero-order valence-electron chi connectivity index (χ0n) is 22.0. The number of aromatic nitrogens is 3. The number of anilines is 2. The summed E-state index contributed by atoms with van der Waals surface area (Å²) in [4.78, 5) is 28.4. The number of ether oxygens (including phenoxy) is 1. The molecule has 4 rings (SSSR count). The lowest BCUT2D eigenvalue weighted by molar-refractivity contribution is -0.168.